The molecule has 0 amide bonds. The number of nitrogens with one attached hydrogen (secondary N) is 1. The molecule has 0 aliphatic heterocycles. The first-order valence-corrected chi connectivity index (χ1v) is 7.86. The van der Waals surface area contributed by atoms with Crippen LogP contribution in [0.2, 0.25) is 0 Å². The van der Waals surface area contributed by atoms with Crippen molar-refractivity contribution in [2.75, 3.05) is 13.2 Å². The molecule has 104 valence electrons. The lowest BCUT2D eigenvalue weighted by atomic mass is 10.1. The van der Waals surface area contributed by atoms with E-state index in [2.05, 4.69) is 30.4 Å². The van der Waals surface area contributed by atoms with E-state index in [1.54, 1.807) is 0 Å². The summed E-state index contributed by atoms with van der Waals surface area (Å²) in [5.41, 5.74) is 2.92. The molecule has 0 aromatic heterocycles. The smallest absolute Gasteiger partial charge is 0.122 e. The fourth-order valence-electron chi connectivity index (χ4n) is 3.03. The van der Waals surface area contributed by atoms with Crippen molar-refractivity contribution in [3.63, 3.8) is 0 Å². The Morgan fingerprint density at radius 1 is 1.26 bits per heavy atom. The van der Waals surface area contributed by atoms with Crippen molar-refractivity contribution in [2.24, 2.45) is 5.92 Å². The van der Waals surface area contributed by atoms with Gasteiger partial charge in [0.2, 0.25) is 0 Å². The van der Waals surface area contributed by atoms with Crippen molar-refractivity contribution in [3.8, 4) is 5.75 Å². The third-order valence-electron chi connectivity index (χ3n) is 4.35. The van der Waals surface area contributed by atoms with Crippen LogP contribution in [0.25, 0.3) is 0 Å². The van der Waals surface area contributed by atoms with Crippen LogP contribution in [0.15, 0.2) is 18.2 Å². The van der Waals surface area contributed by atoms with Gasteiger partial charge < -0.3 is 10.1 Å². The number of hydrogen-bond donors (Lipinski definition) is 1. The highest BCUT2D eigenvalue weighted by atomic mass is 16.5. The summed E-state index contributed by atoms with van der Waals surface area (Å²) in [5.74, 6) is 2.09. The third-order valence-corrected chi connectivity index (χ3v) is 4.35. The Bertz CT molecular complexity index is 425. The van der Waals surface area contributed by atoms with Crippen LogP contribution >= 0.6 is 0 Å². The molecule has 2 aliphatic carbocycles. The minimum absolute atomic E-state index is 0.543. The molecule has 0 bridgehead atoms. The van der Waals surface area contributed by atoms with Crippen LogP contribution in [0.5, 0.6) is 5.75 Å². The monoisotopic (exact) mass is 259 g/mol. The molecule has 0 heterocycles. The fourth-order valence-corrected chi connectivity index (χ4v) is 3.03. The average Bonchev–Trinajstić information content (AvgIpc) is 3.16. The molecular formula is C17H25NO. The predicted molar refractivity (Wildman–Crippen MR) is 78.6 cm³/mol. The molecule has 1 unspecified atom stereocenters. The van der Waals surface area contributed by atoms with Gasteiger partial charge in [0.25, 0.3) is 0 Å². The third kappa shape index (κ3) is 3.11. The summed E-state index contributed by atoms with van der Waals surface area (Å²) in [7, 11) is 0. The van der Waals surface area contributed by atoms with Crippen LogP contribution in [0.3, 0.4) is 0 Å². The number of hydrogen-bond acceptors (Lipinski definition) is 2. The molecule has 1 atom stereocenters. The van der Waals surface area contributed by atoms with Crippen molar-refractivity contribution in [3.05, 3.63) is 29.3 Å². The van der Waals surface area contributed by atoms with Crippen molar-refractivity contribution in [2.45, 2.75) is 51.5 Å². The Kier molecular flexibility index (Phi) is 4.07. The molecule has 1 N–H and O–H groups in total. The SMILES string of the molecule is CCCNC1CCc2c(OCCC3CC3)cccc21. The van der Waals surface area contributed by atoms with E-state index in [4.69, 9.17) is 4.74 Å². The highest BCUT2D eigenvalue weighted by Crippen LogP contribution is 2.37. The van der Waals surface area contributed by atoms with Gasteiger partial charge in [-0.3, -0.25) is 0 Å². The number of fused-ring (bicyclic) bond motifs is 1. The van der Waals surface area contributed by atoms with E-state index in [1.807, 2.05) is 0 Å². The lowest BCUT2D eigenvalue weighted by molar-refractivity contribution is 0.300. The summed E-state index contributed by atoms with van der Waals surface area (Å²) >= 11 is 0. The molecule has 0 spiro atoms. The van der Waals surface area contributed by atoms with Gasteiger partial charge in [0.05, 0.1) is 6.61 Å². The van der Waals surface area contributed by atoms with Crippen LogP contribution in [-0.4, -0.2) is 13.2 Å². The van der Waals surface area contributed by atoms with Crippen molar-refractivity contribution < 1.29 is 4.74 Å². The molecule has 1 aromatic carbocycles. The van der Waals surface area contributed by atoms with Crippen LogP contribution < -0.4 is 10.1 Å². The zero-order valence-electron chi connectivity index (χ0n) is 12.0. The van der Waals surface area contributed by atoms with E-state index < -0.39 is 0 Å². The topological polar surface area (TPSA) is 21.3 Å². The van der Waals surface area contributed by atoms with Gasteiger partial charge in [-0.15, -0.1) is 0 Å². The second-order valence-electron chi connectivity index (χ2n) is 5.95. The summed E-state index contributed by atoms with van der Waals surface area (Å²) in [4.78, 5) is 0. The lowest BCUT2D eigenvalue weighted by Crippen LogP contribution is -2.19. The minimum atomic E-state index is 0.543. The molecular weight excluding hydrogens is 234 g/mol. The maximum atomic E-state index is 6.02. The Balaban J connectivity index is 1.63. The first-order valence-electron chi connectivity index (χ1n) is 7.86. The van der Waals surface area contributed by atoms with Crippen LogP contribution in [0.1, 0.15) is 56.2 Å². The zero-order chi connectivity index (χ0) is 13.1. The lowest BCUT2D eigenvalue weighted by Gasteiger charge is -2.14. The molecule has 0 saturated heterocycles. The normalized spacial score (nSPS) is 21.4. The first-order chi connectivity index (χ1) is 9.38. The maximum absolute atomic E-state index is 6.02. The van der Waals surface area contributed by atoms with E-state index in [1.165, 1.54) is 43.2 Å². The summed E-state index contributed by atoms with van der Waals surface area (Å²) in [6.07, 6.45) is 7.65. The van der Waals surface area contributed by atoms with E-state index >= 15 is 0 Å². The van der Waals surface area contributed by atoms with Gasteiger partial charge in [0, 0.05) is 6.04 Å². The van der Waals surface area contributed by atoms with E-state index in [0.29, 0.717) is 6.04 Å². The Morgan fingerprint density at radius 3 is 2.95 bits per heavy atom. The molecule has 3 rings (SSSR count). The van der Waals surface area contributed by atoms with Crippen LogP contribution in [0.4, 0.5) is 0 Å². The predicted octanol–water partition coefficient (Wildman–Crippen LogP) is 3.85. The molecule has 2 heteroatoms. The molecule has 1 fully saturated rings. The quantitative estimate of drug-likeness (QED) is 0.803. The second kappa shape index (κ2) is 5.96. The van der Waals surface area contributed by atoms with Gasteiger partial charge in [-0.1, -0.05) is 31.9 Å². The largest absolute Gasteiger partial charge is 0.493 e. The van der Waals surface area contributed by atoms with Crippen LogP contribution in [-0.2, 0) is 6.42 Å². The zero-order valence-corrected chi connectivity index (χ0v) is 12.0. The van der Waals surface area contributed by atoms with Gasteiger partial charge >= 0.3 is 0 Å². The molecule has 2 aliphatic rings. The number of ether oxygens (including phenoxy) is 1. The fraction of sp³-hybridized carbons (Fsp3) is 0.647. The number of rotatable bonds is 7. The van der Waals surface area contributed by atoms with Crippen molar-refractivity contribution >= 4 is 0 Å². The Hall–Kier alpha value is -1.02. The Labute approximate surface area is 116 Å². The highest BCUT2D eigenvalue weighted by molar-refractivity contribution is 5.45. The molecule has 1 aromatic rings. The summed E-state index contributed by atoms with van der Waals surface area (Å²) in [6, 6.07) is 7.11. The Morgan fingerprint density at radius 2 is 2.16 bits per heavy atom. The standard InChI is InChI=1S/C17H25NO/c1-2-11-18-16-9-8-15-14(16)4-3-5-17(15)19-12-10-13-6-7-13/h3-5,13,16,18H,2,6-12H2,1H3. The van der Waals surface area contributed by atoms with Gasteiger partial charge in [0.1, 0.15) is 5.75 Å². The molecule has 0 radical (unpaired) electrons. The average molecular weight is 259 g/mol. The van der Waals surface area contributed by atoms with E-state index in [-0.39, 0.29) is 0 Å². The molecule has 2 nitrogen and oxygen atoms in total. The van der Waals surface area contributed by atoms with Gasteiger partial charge in [-0.05, 0) is 55.3 Å². The summed E-state index contributed by atoms with van der Waals surface area (Å²) < 4.78 is 6.02. The van der Waals surface area contributed by atoms with Gasteiger partial charge in [-0.25, -0.2) is 0 Å². The van der Waals surface area contributed by atoms with Crippen molar-refractivity contribution in [1.82, 2.24) is 5.32 Å². The highest BCUT2D eigenvalue weighted by Gasteiger charge is 2.25. The second-order valence-corrected chi connectivity index (χ2v) is 5.95. The molecule has 1 saturated carbocycles. The number of benzene rings is 1. The van der Waals surface area contributed by atoms with E-state index in [0.717, 1.165) is 31.2 Å². The van der Waals surface area contributed by atoms with E-state index in [9.17, 15) is 0 Å². The van der Waals surface area contributed by atoms with Crippen LogP contribution in [0, 0.1) is 5.92 Å². The first kappa shape index (κ1) is 13.0. The summed E-state index contributed by atoms with van der Waals surface area (Å²) in [6.45, 7) is 4.23. The maximum Gasteiger partial charge on any atom is 0.122 e. The summed E-state index contributed by atoms with van der Waals surface area (Å²) in [5, 5.41) is 3.64. The van der Waals surface area contributed by atoms with Crippen molar-refractivity contribution in [1.29, 1.82) is 0 Å². The van der Waals surface area contributed by atoms with Gasteiger partial charge in [0.15, 0.2) is 0 Å². The minimum Gasteiger partial charge on any atom is -0.493 e. The molecule has 19 heavy (non-hydrogen) atoms. The van der Waals surface area contributed by atoms with Gasteiger partial charge in [-0.2, -0.15) is 0 Å².